The van der Waals surface area contributed by atoms with Crippen molar-refractivity contribution in [3.63, 3.8) is 0 Å². The summed E-state index contributed by atoms with van der Waals surface area (Å²) < 4.78 is 6.79. The lowest BCUT2D eigenvalue weighted by Gasteiger charge is -2.34. The number of ether oxygens (including phenoxy) is 1. The van der Waals surface area contributed by atoms with Crippen LogP contribution in [0.25, 0.3) is 15.9 Å². The zero-order valence-corrected chi connectivity index (χ0v) is 20.1. The average molecular weight is 475 g/mol. The van der Waals surface area contributed by atoms with Crippen LogP contribution in [0, 0.1) is 6.92 Å². The van der Waals surface area contributed by atoms with Crippen molar-refractivity contribution in [3.8, 4) is 5.69 Å². The molecule has 0 saturated carbocycles. The van der Waals surface area contributed by atoms with Crippen LogP contribution < -0.4 is 5.56 Å². The second-order valence-electron chi connectivity index (χ2n) is 7.79. The van der Waals surface area contributed by atoms with Gasteiger partial charge in [-0.1, -0.05) is 30.7 Å². The van der Waals surface area contributed by atoms with Crippen molar-refractivity contribution in [1.82, 2.24) is 19.4 Å². The van der Waals surface area contributed by atoms with Gasteiger partial charge in [-0.2, -0.15) is 0 Å². The highest BCUT2D eigenvalue weighted by molar-refractivity contribution is 7.20. The molecule has 32 heavy (non-hydrogen) atoms. The number of rotatable bonds is 6. The Morgan fingerprint density at radius 3 is 2.50 bits per heavy atom. The second-order valence-corrected chi connectivity index (χ2v) is 9.19. The number of para-hydroxylation sites is 1. The molecule has 0 radical (unpaired) electrons. The number of carbonyl (C=O) groups is 1. The molecule has 170 valence electrons. The maximum atomic E-state index is 13.7. The Kier molecular flexibility index (Phi) is 6.95. The first kappa shape index (κ1) is 22.9. The Bertz CT molecular complexity index is 1200. The van der Waals surface area contributed by atoms with Crippen molar-refractivity contribution in [2.24, 2.45) is 0 Å². The summed E-state index contributed by atoms with van der Waals surface area (Å²) in [7, 11) is 0. The number of fused-ring (bicyclic) bond motifs is 1. The fraction of sp³-hybridized carbons (Fsp3) is 0.435. The summed E-state index contributed by atoms with van der Waals surface area (Å²) in [6.07, 6.45) is 0. The standard InChI is InChI=1S/C23H27ClN4O3S/c1-4-26-10-12-27(13-11-26)14-18-25-21-19(15(3)20(32-21)23(30)31-5-2)22(29)28(18)17-9-7-6-8-16(17)24/h6-9H,4-5,10-14H2,1-3H3. The third-order valence-corrected chi connectivity index (χ3v) is 7.35. The molecule has 0 atom stereocenters. The normalized spacial score (nSPS) is 15.4. The molecule has 1 aromatic carbocycles. The number of nitrogens with zero attached hydrogens (tertiary/aromatic N) is 4. The zero-order valence-electron chi connectivity index (χ0n) is 18.6. The molecule has 0 bridgehead atoms. The molecule has 1 fully saturated rings. The van der Waals surface area contributed by atoms with Gasteiger partial charge in [-0.3, -0.25) is 14.3 Å². The predicted molar refractivity (Wildman–Crippen MR) is 128 cm³/mol. The van der Waals surface area contributed by atoms with Gasteiger partial charge in [0.1, 0.15) is 15.5 Å². The number of carbonyl (C=O) groups excluding carboxylic acids is 1. The molecule has 4 rings (SSSR count). The van der Waals surface area contributed by atoms with E-state index < -0.39 is 5.97 Å². The first-order valence-electron chi connectivity index (χ1n) is 10.9. The highest BCUT2D eigenvalue weighted by atomic mass is 35.5. The van der Waals surface area contributed by atoms with Crippen molar-refractivity contribution in [2.45, 2.75) is 27.3 Å². The molecule has 7 nitrogen and oxygen atoms in total. The van der Waals surface area contributed by atoms with E-state index in [1.807, 2.05) is 18.2 Å². The Labute approximate surface area is 196 Å². The van der Waals surface area contributed by atoms with Crippen LogP contribution in [0.5, 0.6) is 0 Å². The number of benzene rings is 1. The molecule has 0 aliphatic carbocycles. The van der Waals surface area contributed by atoms with E-state index in [0.29, 0.717) is 43.7 Å². The molecule has 9 heteroatoms. The number of aromatic nitrogens is 2. The van der Waals surface area contributed by atoms with E-state index in [9.17, 15) is 9.59 Å². The van der Waals surface area contributed by atoms with Gasteiger partial charge in [0.2, 0.25) is 0 Å². The van der Waals surface area contributed by atoms with Gasteiger partial charge in [0.05, 0.1) is 29.2 Å². The monoisotopic (exact) mass is 474 g/mol. The summed E-state index contributed by atoms with van der Waals surface area (Å²) >= 11 is 7.71. The van der Waals surface area contributed by atoms with Gasteiger partial charge in [0, 0.05) is 26.2 Å². The Morgan fingerprint density at radius 1 is 1.16 bits per heavy atom. The SMILES string of the molecule is CCOC(=O)c1sc2nc(CN3CCN(CC)CC3)n(-c3ccccc3Cl)c(=O)c2c1C. The maximum absolute atomic E-state index is 13.7. The van der Waals surface area contributed by atoms with Gasteiger partial charge in [0.15, 0.2) is 0 Å². The van der Waals surface area contributed by atoms with Crippen LogP contribution in [0.15, 0.2) is 29.1 Å². The summed E-state index contributed by atoms with van der Waals surface area (Å²) in [5.41, 5.74) is 0.985. The van der Waals surface area contributed by atoms with E-state index in [-0.39, 0.29) is 12.2 Å². The molecular weight excluding hydrogens is 448 g/mol. The number of likely N-dealkylation sites (N-methyl/N-ethyl adjacent to an activating group) is 1. The third kappa shape index (κ3) is 4.32. The first-order chi connectivity index (χ1) is 15.4. The van der Waals surface area contributed by atoms with Gasteiger partial charge < -0.3 is 9.64 Å². The van der Waals surface area contributed by atoms with Gasteiger partial charge in [-0.15, -0.1) is 11.3 Å². The fourth-order valence-electron chi connectivity index (χ4n) is 4.07. The minimum Gasteiger partial charge on any atom is -0.462 e. The van der Waals surface area contributed by atoms with Crippen LogP contribution in [0.4, 0.5) is 0 Å². The lowest BCUT2D eigenvalue weighted by Crippen LogP contribution is -2.46. The summed E-state index contributed by atoms with van der Waals surface area (Å²) in [6.45, 7) is 11.3. The summed E-state index contributed by atoms with van der Waals surface area (Å²) in [4.78, 5) is 36.7. The molecule has 2 aromatic heterocycles. The molecule has 0 N–H and O–H groups in total. The minimum atomic E-state index is -0.422. The molecule has 1 aliphatic heterocycles. The third-order valence-electron chi connectivity index (χ3n) is 5.87. The topological polar surface area (TPSA) is 67.7 Å². The fourth-order valence-corrected chi connectivity index (χ4v) is 5.37. The van der Waals surface area contributed by atoms with Crippen LogP contribution in [0.2, 0.25) is 5.02 Å². The quantitative estimate of drug-likeness (QED) is 0.507. The van der Waals surface area contributed by atoms with Crippen molar-refractivity contribution in [1.29, 1.82) is 0 Å². The van der Waals surface area contributed by atoms with Crippen molar-refractivity contribution in [3.05, 3.63) is 55.9 Å². The highest BCUT2D eigenvalue weighted by Gasteiger charge is 2.25. The van der Waals surface area contributed by atoms with Gasteiger partial charge in [0.25, 0.3) is 5.56 Å². The van der Waals surface area contributed by atoms with Gasteiger partial charge in [-0.25, -0.2) is 9.78 Å². The van der Waals surface area contributed by atoms with Crippen molar-refractivity contribution >= 4 is 39.1 Å². The highest BCUT2D eigenvalue weighted by Crippen LogP contribution is 2.30. The Morgan fingerprint density at radius 2 is 1.84 bits per heavy atom. The zero-order chi connectivity index (χ0) is 22.8. The van der Waals surface area contributed by atoms with E-state index in [4.69, 9.17) is 21.3 Å². The lowest BCUT2D eigenvalue weighted by atomic mass is 10.2. The van der Waals surface area contributed by atoms with E-state index in [1.165, 1.54) is 11.3 Å². The van der Waals surface area contributed by atoms with E-state index in [1.54, 1.807) is 24.5 Å². The minimum absolute atomic E-state index is 0.213. The van der Waals surface area contributed by atoms with Crippen LogP contribution in [-0.2, 0) is 11.3 Å². The Hall–Kier alpha value is -2.26. The number of halogens is 1. The van der Waals surface area contributed by atoms with Gasteiger partial charge in [-0.05, 0) is 38.1 Å². The number of hydrogen-bond acceptors (Lipinski definition) is 7. The molecule has 1 saturated heterocycles. The van der Waals surface area contributed by atoms with Gasteiger partial charge >= 0.3 is 5.97 Å². The van der Waals surface area contributed by atoms with Crippen LogP contribution in [0.3, 0.4) is 0 Å². The van der Waals surface area contributed by atoms with Crippen molar-refractivity contribution < 1.29 is 9.53 Å². The number of aryl methyl sites for hydroxylation is 1. The molecule has 3 heterocycles. The first-order valence-corrected chi connectivity index (χ1v) is 12.1. The Balaban J connectivity index is 1.85. The number of thiophene rings is 1. The summed E-state index contributed by atoms with van der Waals surface area (Å²) in [6, 6.07) is 7.28. The van der Waals surface area contributed by atoms with E-state index in [0.717, 1.165) is 32.7 Å². The number of esters is 1. The van der Waals surface area contributed by atoms with Crippen LogP contribution >= 0.6 is 22.9 Å². The van der Waals surface area contributed by atoms with E-state index in [2.05, 4.69) is 16.7 Å². The number of piperazine rings is 1. The summed E-state index contributed by atoms with van der Waals surface area (Å²) in [5.74, 6) is 0.200. The molecule has 1 aliphatic rings. The molecule has 0 amide bonds. The molecular formula is C23H27ClN4O3S. The van der Waals surface area contributed by atoms with E-state index >= 15 is 0 Å². The smallest absolute Gasteiger partial charge is 0.348 e. The lowest BCUT2D eigenvalue weighted by molar-refractivity contribution is 0.0531. The molecule has 0 spiro atoms. The maximum Gasteiger partial charge on any atom is 0.348 e. The molecule has 3 aromatic rings. The van der Waals surface area contributed by atoms with Crippen LogP contribution in [0.1, 0.15) is 34.9 Å². The average Bonchev–Trinajstić information content (AvgIpc) is 3.12. The number of hydrogen-bond donors (Lipinski definition) is 0. The largest absolute Gasteiger partial charge is 0.462 e. The summed E-state index contributed by atoms with van der Waals surface area (Å²) in [5, 5.41) is 0.920. The second kappa shape index (κ2) is 9.70. The molecule has 0 unspecified atom stereocenters. The van der Waals surface area contributed by atoms with Crippen molar-refractivity contribution in [2.75, 3.05) is 39.3 Å². The van der Waals surface area contributed by atoms with Crippen LogP contribution in [-0.4, -0.2) is 64.7 Å². The predicted octanol–water partition coefficient (Wildman–Crippen LogP) is 3.72.